The largest absolute Gasteiger partial charge is 0.478 e. The summed E-state index contributed by atoms with van der Waals surface area (Å²) in [5, 5.41) is 17.1. The molecule has 2 aromatic carbocycles. The Morgan fingerprint density at radius 2 is 1.79 bits per heavy atom. The number of aryl methyl sites for hydroxylation is 1. The van der Waals surface area contributed by atoms with Crippen molar-refractivity contribution in [1.82, 2.24) is 20.0 Å². The van der Waals surface area contributed by atoms with Crippen molar-refractivity contribution in [2.24, 2.45) is 13.0 Å². The Morgan fingerprint density at radius 1 is 1.06 bits per heavy atom. The van der Waals surface area contributed by atoms with E-state index in [4.69, 9.17) is 5.11 Å². The zero-order valence-corrected chi connectivity index (χ0v) is 19.2. The molecule has 0 bridgehead atoms. The molecule has 33 heavy (non-hydrogen) atoms. The molecule has 6 nitrogen and oxygen atoms in total. The lowest BCUT2D eigenvalue weighted by molar-refractivity contribution is 0.0697. The Labute approximate surface area is 195 Å². The second-order valence-electron chi connectivity index (χ2n) is 9.60. The molecule has 1 aliphatic carbocycles. The summed E-state index contributed by atoms with van der Waals surface area (Å²) >= 11 is 0. The highest BCUT2D eigenvalue weighted by Gasteiger charge is 2.38. The maximum atomic E-state index is 11.0. The first-order valence-electron chi connectivity index (χ1n) is 11.9. The van der Waals surface area contributed by atoms with Crippen LogP contribution in [0.3, 0.4) is 0 Å². The van der Waals surface area contributed by atoms with Gasteiger partial charge in [0.2, 0.25) is 0 Å². The van der Waals surface area contributed by atoms with E-state index in [-0.39, 0.29) is 0 Å². The van der Waals surface area contributed by atoms with Gasteiger partial charge in [0.15, 0.2) is 0 Å². The van der Waals surface area contributed by atoms with Crippen molar-refractivity contribution in [3.8, 4) is 11.1 Å². The molecule has 1 saturated heterocycles. The van der Waals surface area contributed by atoms with Gasteiger partial charge in [-0.15, -0.1) is 0 Å². The number of carboxylic acids is 1. The fourth-order valence-corrected chi connectivity index (χ4v) is 4.96. The lowest BCUT2D eigenvalue weighted by atomic mass is 9.96. The summed E-state index contributed by atoms with van der Waals surface area (Å²) in [7, 11) is 1.95. The molecule has 1 saturated carbocycles. The minimum Gasteiger partial charge on any atom is -0.478 e. The van der Waals surface area contributed by atoms with Gasteiger partial charge in [0.05, 0.1) is 11.8 Å². The number of nitrogens with zero attached hydrogens (tertiary/aromatic N) is 3. The molecule has 172 valence electrons. The van der Waals surface area contributed by atoms with Crippen molar-refractivity contribution in [2.45, 2.75) is 37.8 Å². The van der Waals surface area contributed by atoms with Crippen molar-refractivity contribution in [3.05, 3.63) is 77.6 Å². The quantitative estimate of drug-likeness (QED) is 0.546. The molecule has 0 amide bonds. The molecule has 5 rings (SSSR count). The molecule has 3 aromatic rings. The highest BCUT2D eigenvalue weighted by atomic mass is 16.4. The highest BCUT2D eigenvalue weighted by molar-refractivity contribution is 5.87. The Hall–Kier alpha value is -2.96. The fourth-order valence-electron chi connectivity index (χ4n) is 4.96. The SMILES string of the molecule is Cn1cc(-c2ccc([C@H]3C[C@H]3NCC3CCN(Cc4ccc(C(=O)O)cc4)CC3)cc2)cn1. The molecule has 0 radical (unpaired) electrons. The fraction of sp³-hybridized carbons (Fsp3) is 0.407. The molecule has 2 aliphatic rings. The number of rotatable bonds is 8. The average Bonchev–Trinajstić information content (AvgIpc) is 3.49. The van der Waals surface area contributed by atoms with Crippen LogP contribution in [0.15, 0.2) is 60.9 Å². The minimum atomic E-state index is -0.866. The van der Waals surface area contributed by atoms with Crippen LogP contribution in [0.5, 0.6) is 0 Å². The summed E-state index contributed by atoms with van der Waals surface area (Å²) in [5.74, 6) is 0.515. The van der Waals surface area contributed by atoms with E-state index in [9.17, 15) is 4.79 Å². The first-order chi connectivity index (χ1) is 16.0. The molecule has 2 atom stereocenters. The second kappa shape index (κ2) is 9.49. The number of aromatic nitrogens is 2. The lowest BCUT2D eigenvalue weighted by Crippen LogP contribution is -2.37. The van der Waals surface area contributed by atoms with Crippen molar-refractivity contribution in [1.29, 1.82) is 0 Å². The molecule has 2 N–H and O–H groups in total. The summed E-state index contributed by atoms with van der Waals surface area (Å²) in [6.45, 7) is 4.23. The van der Waals surface area contributed by atoms with Crippen molar-refractivity contribution < 1.29 is 9.90 Å². The monoisotopic (exact) mass is 444 g/mol. The number of piperidine rings is 1. The first kappa shape index (κ1) is 21.9. The van der Waals surface area contributed by atoms with Gasteiger partial charge in [-0.3, -0.25) is 9.58 Å². The van der Waals surface area contributed by atoms with Crippen LogP contribution in [0.25, 0.3) is 11.1 Å². The number of nitrogens with one attached hydrogen (secondary N) is 1. The number of benzene rings is 2. The van der Waals surface area contributed by atoms with E-state index >= 15 is 0 Å². The Balaban J connectivity index is 1.03. The van der Waals surface area contributed by atoms with E-state index in [2.05, 4.69) is 45.8 Å². The van der Waals surface area contributed by atoms with Gasteiger partial charge in [-0.1, -0.05) is 36.4 Å². The average molecular weight is 445 g/mol. The smallest absolute Gasteiger partial charge is 0.335 e. The zero-order chi connectivity index (χ0) is 22.8. The molecule has 0 spiro atoms. The third-order valence-electron chi connectivity index (χ3n) is 7.15. The highest BCUT2D eigenvalue weighted by Crippen LogP contribution is 2.41. The summed E-state index contributed by atoms with van der Waals surface area (Å²) in [5.41, 5.74) is 5.36. The van der Waals surface area contributed by atoms with Gasteiger partial charge < -0.3 is 10.4 Å². The summed E-state index contributed by atoms with van der Waals surface area (Å²) in [6.07, 6.45) is 7.64. The molecule has 2 heterocycles. The molecule has 6 heteroatoms. The normalized spacial score (nSPS) is 21.2. The predicted octanol–water partition coefficient (Wildman–Crippen LogP) is 4.14. The Kier molecular flexibility index (Phi) is 6.29. The number of likely N-dealkylation sites (tertiary alicyclic amines) is 1. The van der Waals surface area contributed by atoms with E-state index in [1.165, 1.54) is 36.0 Å². The van der Waals surface area contributed by atoms with Crippen LogP contribution in [-0.2, 0) is 13.6 Å². The van der Waals surface area contributed by atoms with Crippen LogP contribution in [0.1, 0.15) is 46.7 Å². The van der Waals surface area contributed by atoms with Gasteiger partial charge in [0.1, 0.15) is 0 Å². The second-order valence-corrected chi connectivity index (χ2v) is 9.60. The summed E-state index contributed by atoms with van der Waals surface area (Å²) in [6, 6.07) is 16.9. The van der Waals surface area contributed by atoms with E-state index in [1.807, 2.05) is 30.1 Å². The number of hydrogen-bond acceptors (Lipinski definition) is 4. The van der Waals surface area contributed by atoms with Gasteiger partial charge in [-0.2, -0.15) is 5.10 Å². The molecule has 1 aromatic heterocycles. The standard InChI is InChI=1S/C27H32N4O2/c1-30-18-24(16-29-30)21-6-8-22(9-7-21)25-14-26(25)28-15-19-10-12-31(13-11-19)17-20-2-4-23(5-3-20)27(32)33/h2-9,16,18-19,25-26,28H,10-15,17H2,1H3,(H,32,33)/t25-,26-/m1/s1. The van der Waals surface area contributed by atoms with Crippen LogP contribution < -0.4 is 5.32 Å². The molecule has 1 aliphatic heterocycles. The minimum absolute atomic E-state index is 0.353. The van der Waals surface area contributed by atoms with Gasteiger partial charge in [-0.25, -0.2) is 4.79 Å². The molecule has 0 unspecified atom stereocenters. The maximum absolute atomic E-state index is 11.0. The molecular weight excluding hydrogens is 412 g/mol. The number of hydrogen-bond donors (Lipinski definition) is 2. The van der Waals surface area contributed by atoms with E-state index < -0.39 is 5.97 Å². The molecular formula is C27H32N4O2. The van der Waals surface area contributed by atoms with Crippen molar-refractivity contribution >= 4 is 5.97 Å². The zero-order valence-electron chi connectivity index (χ0n) is 19.2. The van der Waals surface area contributed by atoms with Crippen molar-refractivity contribution in [2.75, 3.05) is 19.6 Å². The lowest BCUT2D eigenvalue weighted by Gasteiger charge is -2.32. The Bertz CT molecular complexity index is 1080. The van der Waals surface area contributed by atoms with Crippen LogP contribution in [-0.4, -0.2) is 51.4 Å². The van der Waals surface area contributed by atoms with Crippen LogP contribution in [0, 0.1) is 5.92 Å². The third-order valence-corrected chi connectivity index (χ3v) is 7.15. The number of carboxylic acid groups (broad SMARTS) is 1. The topological polar surface area (TPSA) is 70.4 Å². The molecule has 2 fully saturated rings. The Morgan fingerprint density at radius 3 is 2.42 bits per heavy atom. The predicted molar refractivity (Wildman–Crippen MR) is 129 cm³/mol. The van der Waals surface area contributed by atoms with Crippen LogP contribution in [0.4, 0.5) is 0 Å². The van der Waals surface area contributed by atoms with E-state index in [1.54, 1.807) is 12.1 Å². The van der Waals surface area contributed by atoms with Crippen molar-refractivity contribution in [3.63, 3.8) is 0 Å². The summed E-state index contributed by atoms with van der Waals surface area (Å²) < 4.78 is 1.84. The van der Waals surface area contributed by atoms with E-state index in [0.29, 0.717) is 17.5 Å². The number of carbonyl (C=O) groups is 1. The van der Waals surface area contributed by atoms with Gasteiger partial charge >= 0.3 is 5.97 Å². The number of aromatic carboxylic acids is 1. The first-order valence-corrected chi connectivity index (χ1v) is 11.9. The van der Waals surface area contributed by atoms with Gasteiger partial charge in [-0.05, 0) is 73.6 Å². The third kappa shape index (κ3) is 5.34. The van der Waals surface area contributed by atoms with E-state index in [0.717, 1.165) is 37.7 Å². The van der Waals surface area contributed by atoms with Gasteiger partial charge in [0, 0.05) is 37.3 Å². The van der Waals surface area contributed by atoms with Gasteiger partial charge in [0.25, 0.3) is 0 Å². The van der Waals surface area contributed by atoms with Crippen LogP contribution >= 0.6 is 0 Å². The maximum Gasteiger partial charge on any atom is 0.335 e. The van der Waals surface area contributed by atoms with Crippen LogP contribution in [0.2, 0.25) is 0 Å². The summed E-state index contributed by atoms with van der Waals surface area (Å²) in [4.78, 5) is 13.5.